The van der Waals surface area contributed by atoms with Gasteiger partial charge in [-0.25, -0.2) is 9.50 Å². The van der Waals surface area contributed by atoms with E-state index < -0.39 is 17.4 Å². The molecule has 0 saturated carbocycles. The quantitative estimate of drug-likeness (QED) is 0.652. The Balaban J connectivity index is 1.94. The topological polar surface area (TPSA) is 106 Å². The lowest BCUT2D eigenvalue weighted by Gasteiger charge is -2.07. The molecule has 1 amide bonds. The van der Waals surface area contributed by atoms with Crippen LogP contribution < -0.4 is 10.9 Å². The number of aromatic nitrogens is 3. The molecule has 0 aliphatic carbocycles. The van der Waals surface area contributed by atoms with Crippen LogP contribution in [0.15, 0.2) is 35.3 Å². The van der Waals surface area contributed by atoms with Gasteiger partial charge in [0.15, 0.2) is 5.65 Å². The van der Waals surface area contributed by atoms with Crippen molar-refractivity contribution in [2.24, 2.45) is 0 Å². The van der Waals surface area contributed by atoms with E-state index in [1.807, 2.05) is 0 Å². The predicted octanol–water partition coefficient (Wildman–Crippen LogP) is 2.34. The number of ether oxygens (including phenoxy) is 1. The summed E-state index contributed by atoms with van der Waals surface area (Å²) in [5.41, 5.74) is 1.08. The van der Waals surface area contributed by atoms with Crippen molar-refractivity contribution in [3.8, 4) is 0 Å². The second kappa shape index (κ2) is 7.63. The van der Waals surface area contributed by atoms with Gasteiger partial charge >= 0.3 is 5.97 Å². The number of nitrogens with zero attached hydrogens (tertiary/aromatic N) is 2. The lowest BCUT2D eigenvalue weighted by Crippen LogP contribution is -2.25. The Labute approximate surface area is 159 Å². The van der Waals surface area contributed by atoms with Crippen LogP contribution >= 0.6 is 11.6 Å². The fourth-order valence-corrected chi connectivity index (χ4v) is 2.74. The molecule has 8 nitrogen and oxygen atoms in total. The van der Waals surface area contributed by atoms with E-state index in [2.05, 4.69) is 15.4 Å². The minimum atomic E-state index is -0.508. The van der Waals surface area contributed by atoms with Crippen LogP contribution in [0.4, 0.5) is 5.69 Å². The second-order valence-electron chi connectivity index (χ2n) is 5.77. The number of aromatic amines is 1. The molecule has 0 saturated heterocycles. The first-order valence-corrected chi connectivity index (χ1v) is 8.60. The molecule has 0 aliphatic rings. The fourth-order valence-electron chi connectivity index (χ4n) is 2.61. The molecule has 0 radical (unpaired) electrons. The van der Waals surface area contributed by atoms with Crippen LogP contribution in [0.5, 0.6) is 0 Å². The van der Waals surface area contributed by atoms with Gasteiger partial charge in [0.25, 0.3) is 11.5 Å². The Morgan fingerprint density at radius 1 is 1.30 bits per heavy atom. The third kappa shape index (κ3) is 3.85. The molecular formula is C18H17ClN4O4. The summed E-state index contributed by atoms with van der Waals surface area (Å²) < 4.78 is 6.02. The molecule has 2 heterocycles. The molecule has 2 N–H and O–H groups in total. The van der Waals surface area contributed by atoms with Crippen LogP contribution in [-0.4, -0.2) is 33.1 Å². The van der Waals surface area contributed by atoms with Crippen molar-refractivity contribution < 1.29 is 14.3 Å². The summed E-state index contributed by atoms with van der Waals surface area (Å²) in [6.45, 7) is 3.53. The number of esters is 1. The molecule has 9 heteroatoms. The van der Waals surface area contributed by atoms with Gasteiger partial charge in [0.1, 0.15) is 5.56 Å². The molecular weight excluding hydrogens is 372 g/mol. The summed E-state index contributed by atoms with van der Waals surface area (Å²) in [5, 5.41) is 5.99. The van der Waals surface area contributed by atoms with Gasteiger partial charge in [-0.3, -0.25) is 19.5 Å². The number of H-pyrrole nitrogens is 1. The predicted molar refractivity (Wildman–Crippen MR) is 100 cm³/mol. The van der Waals surface area contributed by atoms with E-state index in [4.69, 9.17) is 16.3 Å². The van der Waals surface area contributed by atoms with E-state index in [1.165, 1.54) is 6.20 Å². The van der Waals surface area contributed by atoms with Crippen LogP contribution in [0.3, 0.4) is 0 Å². The van der Waals surface area contributed by atoms with Gasteiger partial charge in [-0.2, -0.15) is 0 Å². The fraction of sp³-hybridized carbons (Fsp3) is 0.222. The molecule has 0 bridgehead atoms. The SMILES string of the molecule is CCOC(=O)Cc1c(C)nc2c(C(=O)Nc3ccc(Cl)cc3)c[nH]n2c1=O. The average molecular weight is 389 g/mol. The van der Waals surface area contributed by atoms with Crippen molar-refractivity contribution >= 4 is 34.8 Å². The zero-order valence-corrected chi connectivity index (χ0v) is 15.5. The zero-order valence-electron chi connectivity index (χ0n) is 14.7. The molecule has 3 rings (SSSR count). The van der Waals surface area contributed by atoms with Gasteiger partial charge in [-0.1, -0.05) is 11.6 Å². The van der Waals surface area contributed by atoms with Crippen LogP contribution in [-0.2, 0) is 16.0 Å². The third-order valence-electron chi connectivity index (χ3n) is 3.94. The van der Waals surface area contributed by atoms with Gasteiger partial charge in [0.05, 0.1) is 18.6 Å². The molecule has 27 heavy (non-hydrogen) atoms. The third-order valence-corrected chi connectivity index (χ3v) is 4.19. The van der Waals surface area contributed by atoms with Crippen LogP contribution in [0.1, 0.15) is 28.5 Å². The number of nitrogens with one attached hydrogen (secondary N) is 2. The lowest BCUT2D eigenvalue weighted by molar-refractivity contribution is -0.142. The molecule has 2 aromatic heterocycles. The highest BCUT2D eigenvalue weighted by molar-refractivity contribution is 6.30. The van der Waals surface area contributed by atoms with Crippen LogP contribution in [0.25, 0.3) is 5.65 Å². The summed E-state index contributed by atoms with van der Waals surface area (Å²) in [4.78, 5) is 41.2. The van der Waals surface area contributed by atoms with Crippen molar-refractivity contribution in [1.82, 2.24) is 14.6 Å². The average Bonchev–Trinajstić information content (AvgIpc) is 3.05. The van der Waals surface area contributed by atoms with Crippen molar-refractivity contribution in [3.05, 3.63) is 62.7 Å². The van der Waals surface area contributed by atoms with Crippen molar-refractivity contribution in [2.45, 2.75) is 20.3 Å². The Morgan fingerprint density at radius 2 is 2.00 bits per heavy atom. The normalized spacial score (nSPS) is 10.8. The largest absolute Gasteiger partial charge is 0.466 e. The van der Waals surface area contributed by atoms with E-state index in [0.717, 1.165) is 4.52 Å². The van der Waals surface area contributed by atoms with Crippen LogP contribution in [0.2, 0.25) is 5.02 Å². The summed E-state index contributed by atoms with van der Waals surface area (Å²) >= 11 is 5.83. The zero-order chi connectivity index (χ0) is 19.6. The van der Waals surface area contributed by atoms with E-state index in [-0.39, 0.29) is 29.8 Å². The minimum Gasteiger partial charge on any atom is -0.466 e. The number of hydrogen-bond donors (Lipinski definition) is 2. The number of amides is 1. The minimum absolute atomic E-state index is 0.177. The van der Waals surface area contributed by atoms with E-state index >= 15 is 0 Å². The first kappa shape index (κ1) is 18.7. The highest BCUT2D eigenvalue weighted by Crippen LogP contribution is 2.16. The van der Waals surface area contributed by atoms with Crippen molar-refractivity contribution in [2.75, 3.05) is 11.9 Å². The van der Waals surface area contributed by atoms with Gasteiger partial charge in [0, 0.05) is 22.6 Å². The molecule has 0 unspecified atom stereocenters. The maximum Gasteiger partial charge on any atom is 0.310 e. The molecule has 140 valence electrons. The van der Waals surface area contributed by atoms with Gasteiger partial charge in [-0.15, -0.1) is 0 Å². The second-order valence-corrected chi connectivity index (χ2v) is 6.21. The van der Waals surface area contributed by atoms with E-state index in [0.29, 0.717) is 16.4 Å². The molecule has 0 aliphatic heterocycles. The highest BCUT2D eigenvalue weighted by atomic mass is 35.5. The van der Waals surface area contributed by atoms with Gasteiger partial charge in [0.2, 0.25) is 0 Å². The first-order chi connectivity index (χ1) is 12.9. The summed E-state index contributed by atoms with van der Waals surface area (Å²) in [5.74, 6) is -0.938. The molecule has 1 aromatic carbocycles. The number of carbonyl (C=O) groups is 2. The standard InChI is InChI=1S/C18H17ClN4O4/c1-3-27-15(24)8-13-10(2)21-16-14(9-20-23(16)18(13)26)17(25)22-12-6-4-11(19)5-7-12/h4-7,9,20H,3,8H2,1-2H3,(H,22,25). The summed E-state index contributed by atoms with van der Waals surface area (Å²) in [6, 6.07) is 6.64. The number of carbonyl (C=O) groups excluding carboxylic acids is 2. The highest BCUT2D eigenvalue weighted by Gasteiger charge is 2.20. The van der Waals surface area contributed by atoms with Gasteiger partial charge in [-0.05, 0) is 38.1 Å². The van der Waals surface area contributed by atoms with E-state index in [1.54, 1.807) is 38.1 Å². The molecule has 0 fully saturated rings. The van der Waals surface area contributed by atoms with E-state index in [9.17, 15) is 14.4 Å². The number of fused-ring (bicyclic) bond motifs is 1. The Morgan fingerprint density at radius 3 is 2.67 bits per heavy atom. The van der Waals surface area contributed by atoms with Crippen molar-refractivity contribution in [1.29, 1.82) is 0 Å². The van der Waals surface area contributed by atoms with Crippen molar-refractivity contribution in [3.63, 3.8) is 0 Å². The summed E-state index contributed by atoms with van der Waals surface area (Å²) in [6.07, 6.45) is 1.21. The lowest BCUT2D eigenvalue weighted by atomic mass is 10.1. The molecule has 3 aromatic rings. The number of aryl methyl sites for hydroxylation is 1. The smallest absolute Gasteiger partial charge is 0.310 e. The maximum atomic E-state index is 12.7. The first-order valence-electron chi connectivity index (χ1n) is 8.23. The molecule has 0 spiro atoms. The Hall–Kier alpha value is -3.13. The monoisotopic (exact) mass is 388 g/mol. The number of benzene rings is 1. The number of anilines is 1. The maximum absolute atomic E-state index is 12.7. The Bertz CT molecular complexity index is 1070. The number of rotatable bonds is 5. The number of halogens is 1. The number of hydrogen-bond acceptors (Lipinski definition) is 5. The summed E-state index contributed by atoms with van der Waals surface area (Å²) in [7, 11) is 0. The molecule has 0 atom stereocenters. The van der Waals surface area contributed by atoms with Gasteiger partial charge < -0.3 is 10.1 Å². The van der Waals surface area contributed by atoms with Crippen LogP contribution in [0, 0.1) is 6.92 Å². The Kier molecular flexibility index (Phi) is 5.27.